The minimum absolute atomic E-state index is 0.0260. The molecule has 110 valence electrons. The Bertz CT molecular complexity index is 626. The highest BCUT2D eigenvalue weighted by Gasteiger charge is 2.33. The number of aliphatic hydroxyl groups is 1. The molecule has 1 aliphatic heterocycles. The highest BCUT2D eigenvalue weighted by Crippen LogP contribution is 2.31. The van der Waals surface area contributed by atoms with Crippen molar-refractivity contribution in [1.29, 1.82) is 0 Å². The molecule has 6 nitrogen and oxygen atoms in total. The van der Waals surface area contributed by atoms with E-state index in [-0.39, 0.29) is 6.54 Å². The fraction of sp³-hybridized carbons (Fsp3) is 0.462. The molecule has 20 heavy (non-hydrogen) atoms. The van der Waals surface area contributed by atoms with E-state index in [0.717, 1.165) is 17.7 Å². The summed E-state index contributed by atoms with van der Waals surface area (Å²) in [5.74, 6) is -0.504. The number of benzene rings is 1. The average Bonchev–Trinajstić information content (AvgIpc) is 2.65. The van der Waals surface area contributed by atoms with Gasteiger partial charge in [0.05, 0.1) is 18.9 Å². The smallest absolute Gasteiger partial charge is 0.285 e. The third-order valence-electron chi connectivity index (χ3n) is 3.12. The van der Waals surface area contributed by atoms with E-state index in [1.165, 1.54) is 0 Å². The first-order valence-electron chi connectivity index (χ1n) is 6.34. The van der Waals surface area contributed by atoms with Crippen molar-refractivity contribution in [3.63, 3.8) is 0 Å². The Morgan fingerprint density at radius 1 is 1.45 bits per heavy atom. The molecule has 1 unspecified atom stereocenters. The van der Waals surface area contributed by atoms with Crippen LogP contribution in [0.5, 0.6) is 0 Å². The van der Waals surface area contributed by atoms with Crippen molar-refractivity contribution in [2.75, 3.05) is 6.26 Å². The first-order valence-corrected chi connectivity index (χ1v) is 8.16. The molecule has 1 aliphatic rings. The maximum atomic E-state index is 12.1. The van der Waals surface area contributed by atoms with Gasteiger partial charge in [-0.2, -0.15) is 13.5 Å². The van der Waals surface area contributed by atoms with E-state index < -0.39 is 22.1 Å². The summed E-state index contributed by atoms with van der Waals surface area (Å²) < 4.78 is 26.9. The van der Waals surface area contributed by atoms with Crippen LogP contribution in [0.25, 0.3) is 0 Å². The summed E-state index contributed by atoms with van der Waals surface area (Å²) in [5, 5.41) is 10.9. The van der Waals surface area contributed by atoms with Gasteiger partial charge in [-0.15, -0.1) is 4.28 Å². The normalized spacial score (nSPS) is 16.4. The number of rotatable bonds is 5. The van der Waals surface area contributed by atoms with E-state index in [9.17, 15) is 18.3 Å². The summed E-state index contributed by atoms with van der Waals surface area (Å²) >= 11 is 0. The second kappa shape index (κ2) is 5.51. The topological polar surface area (TPSA) is 83.9 Å². The highest BCUT2D eigenvalue weighted by atomic mass is 32.2. The quantitative estimate of drug-likeness (QED) is 0.887. The van der Waals surface area contributed by atoms with E-state index in [2.05, 4.69) is 4.28 Å². The minimum atomic E-state index is -3.76. The average molecular weight is 299 g/mol. The highest BCUT2D eigenvalue weighted by molar-refractivity contribution is 7.85. The van der Waals surface area contributed by atoms with Gasteiger partial charge in [0.1, 0.15) is 0 Å². The van der Waals surface area contributed by atoms with Crippen molar-refractivity contribution in [3.05, 3.63) is 34.9 Å². The molecule has 0 aromatic heterocycles. The zero-order chi connectivity index (χ0) is 14.9. The molecule has 1 aromatic carbocycles. The molecule has 1 amide bonds. The number of hydroxylamine groups is 2. The number of aliphatic hydroxyl groups excluding tert-OH is 1. The van der Waals surface area contributed by atoms with Crippen molar-refractivity contribution in [2.45, 2.75) is 32.4 Å². The first kappa shape index (κ1) is 15.0. The van der Waals surface area contributed by atoms with Crippen LogP contribution in [0.15, 0.2) is 18.2 Å². The van der Waals surface area contributed by atoms with Gasteiger partial charge in [-0.1, -0.05) is 25.5 Å². The number of hydrogen-bond donors (Lipinski definition) is 1. The lowest BCUT2D eigenvalue weighted by Crippen LogP contribution is -2.27. The van der Waals surface area contributed by atoms with Gasteiger partial charge in [-0.05, 0) is 23.6 Å². The van der Waals surface area contributed by atoms with E-state index in [1.54, 1.807) is 18.2 Å². The third-order valence-corrected chi connectivity index (χ3v) is 3.57. The molecule has 7 heteroatoms. The zero-order valence-electron chi connectivity index (χ0n) is 11.4. The van der Waals surface area contributed by atoms with Crippen LogP contribution in [-0.4, -0.2) is 30.8 Å². The van der Waals surface area contributed by atoms with Gasteiger partial charge in [0.25, 0.3) is 16.0 Å². The van der Waals surface area contributed by atoms with Crippen LogP contribution in [0.4, 0.5) is 0 Å². The van der Waals surface area contributed by atoms with Crippen LogP contribution in [-0.2, 0) is 20.9 Å². The Balaban J connectivity index is 2.33. The Morgan fingerprint density at radius 3 is 2.75 bits per heavy atom. The molecule has 1 atom stereocenters. The Morgan fingerprint density at radius 2 is 2.15 bits per heavy atom. The molecular weight excluding hydrogens is 282 g/mol. The van der Waals surface area contributed by atoms with Crippen LogP contribution in [0.3, 0.4) is 0 Å². The Labute approximate surface area is 118 Å². The number of fused-ring (bicyclic) bond motifs is 1. The maximum absolute atomic E-state index is 12.1. The number of carbonyl (C=O) groups is 1. The largest absolute Gasteiger partial charge is 0.388 e. The zero-order valence-corrected chi connectivity index (χ0v) is 12.2. The van der Waals surface area contributed by atoms with Crippen LogP contribution in [0, 0.1) is 0 Å². The number of nitrogens with zero attached hydrogens (tertiary/aromatic N) is 1. The summed E-state index contributed by atoms with van der Waals surface area (Å²) in [6.45, 7) is 1.98. The van der Waals surface area contributed by atoms with Crippen LogP contribution in [0.1, 0.15) is 47.4 Å². The minimum Gasteiger partial charge on any atom is -0.388 e. The lowest BCUT2D eigenvalue weighted by Gasteiger charge is -2.14. The maximum Gasteiger partial charge on any atom is 0.285 e. The summed E-state index contributed by atoms with van der Waals surface area (Å²) in [5.41, 5.74) is 1.65. The van der Waals surface area contributed by atoms with Crippen molar-refractivity contribution in [3.8, 4) is 0 Å². The molecule has 0 fully saturated rings. The molecule has 1 aromatic rings. The third kappa shape index (κ3) is 3.00. The van der Waals surface area contributed by atoms with Gasteiger partial charge in [-0.3, -0.25) is 4.79 Å². The van der Waals surface area contributed by atoms with E-state index in [4.69, 9.17) is 0 Å². The predicted octanol–water partition coefficient (Wildman–Crippen LogP) is 1.37. The number of hydrogen-bond acceptors (Lipinski definition) is 5. The molecule has 0 bridgehead atoms. The van der Waals surface area contributed by atoms with E-state index in [0.29, 0.717) is 23.1 Å². The second-order valence-electron chi connectivity index (χ2n) is 4.80. The Hall–Kier alpha value is -1.44. The van der Waals surface area contributed by atoms with Gasteiger partial charge < -0.3 is 5.11 Å². The summed E-state index contributed by atoms with van der Waals surface area (Å²) in [4.78, 5) is 12.1. The second-order valence-corrected chi connectivity index (χ2v) is 6.36. The fourth-order valence-electron chi connectivity index (χ4n) is 2.30. The molecule has 1 N–H and O–H groups in total. The molecule has 1 heterocycles. The van der Waals surface area contributed by atoms with Crippen molar-refractivity contribution < 1.29 is 22.6 Å². The van der Waals surface area contributed by atoms with Gasteiger partial charge in [-0.25, -0.2) is 0 Å². The van der Waals surface area contributed by atoms with Crippen molar-refractivity contribution >= 4 is 16.0 Å². The first-order chi connectivity index (χ1) is 9.33. The molecular formula is C13H17NO5S. The van der Waals surface area contributed by atoms with Gasteiger partial charge in [0.2, 0.25) is 0 Å². The van der Waals surface area contributed by atoms with Crippen LogP contribution >= 0.6 is 0 Å². The summed E-state index contributed by atoms with van der Waals surface area (Å²) in [6.07, 6.45) is 1.61. The molecule has 0 saturated carbocycles. The van der Waals surface area contributed by atoms with Crippen molar-refractivity contribution in [2.24, 2.45) is 0 Å². The number of amides is 1. The molecule has 2 rings (SSSR count). The SMILES string of the molecule is CCCC(O)c1cccc2c1CN(OS(C)(=O)=O)C2=O. The van der Waals surface area contributed by atoms with E-state index >= 15 is 0 Å². The van der Waals surface area contributed by atoms with Gasteiger partial charge in [0, 0.05) is 5.56 Å². The molecule has 0 spiro atoms. The van der Waals surface area contributed by atoms with Gasteiger partial charge >= 0.3 is 0 Å². The summed E-state index contributed by atoms with van der Waals surface area (Å²) in [7, 11) is -3.76. The van der Waals surface area contributed by atoms with Crippen molar-refractivity contribution in [1.82, 2.24) is 5.06 Å². The lowest BCUT2D eigenvalue weighted by atomic mass is 9.97. The molecule has 0 saturated heterocycles. The molecule has 0 aliphatic carbocycles. The van der Waals surface area contributed by atoms with Crippen LogP contribution in [0.2, 0.25) is 0 Å². The fourth-order valence-corrected chi connectivity index (χ4v) is 2.74. The molecule has 0 radical (unpaired) electrons. The standard InChI is InChI=1S/C13H17NO5S/c1-3-5-12(15)9-6-4-7-10-11(9)8-14(13(10)16)19-20(2,17)18/h4,6-7,12,15H,3,5,8H2,1-2H3. The van der Waals surface area contributed by atoms with Crippen LogP contribution < -0.4 is 0 Å². The predicted molar refractivity (Wildman–Crippen MR) is 72.1 cm³/mol. The monoisotopic (exact) mass is 299 g/mol. The van der Waals surface area contributed by atoms with E-state index in [1.807, 2.05) is 6.92 Å². The van der Waals surface area contributed by atoms with Gasteiger partial charge in [0.15, 0.2) is 0 Å². The Kier molecular flexibility index (Phi) is 4.12. The number of carbonyl (C=O) groups excluding carboxylic acids is 1. The lowest BCUT2D eigenvalue weighted by molar-refractivity contribution is -0.0265. The summed E-state index contributed by atoms with van der Waals surface area (Å²) in [6, 6.07) is 5.02.